The smallest absolute Gasteiger partial charge is 0.247 e. The van der Waals surface area contributed by atoms with Crippen LogP contribution in [0, 0.1) is 18.8 Å². The van der Waals surface area contributed by atoms with Gasteiger partial charge in [0.1, 0.15) is 6.04 Å². The predicted octanol–water partition coefficient (Wildman–Crippen LogP) is 4.46. The van der Waals surface area contributed by atoms with E-state index in [2.05, 4.69) is 22.0 Å². The molecule has 3 aliphatic rings. The molecule has 2 heterocycles. The molecule has 0 spiro atoms. The van der Waals surface area contributed by atoms with Gasteiger partial charge in [-0.15, -0.1) is 0 Å². The van der Waals surface area contributed by atoms with Crippen LogP contribution in [0.1, 0.15) is 70.4 Å². The van der Waals surface area contributed by atoms with E-state index < -0.39 is 6.04 Å². The van der Waals surface area contributed by atoms with Gasteiger partial charge < -0.3 is 15.1 Å². The van der Waals surface area contributed by atoms with Gasteiger partial charge >= 0.3 is 0 Å². The molecule has 8 heteroatoms. The number of likely N-dealkylation sites (tertiary alicyclic amines) is 1. The van der Waals surface area contributed by atoms with Crippen LogP contribution < -0.4 is 5.32 Å². The number of nitrogens with zero attached hydrogens (tertiary/aromatic N) is 3. The quantitative estimate of drug-likeness (QED) is 0.606. The molecular weight excluding hydrogens is 476 g/mol. The molecule has 0 aromatic heterocycles. The number of halogens is 1. The van der Waals surface area contributed by atoms with E-state index in [4.69, 9.17) is 11.6 Å². The van der Waals surface area contributed by atoms with Crippen LogP contribution in [-0.2, 0) is 20.9 Å². The van der Waals surface area contributed by atoms with E-state index in [1.54, 1.807) is 11.0 Å². The lowest BCUT2D eigenvalue weighted by Gasteiger charge is -2.41. The second-order valence-electron chi connectivity index (χ2n) is 11.2. The van der Waals surface area contributed by atoms with Crippen LogP contribution in [0.2, 0.25) is 5.02 Å². The average molecular weight is 517 g/mol. The molecule has 3 fully saturated rings. The summed E-state index contributed by atoms with van der Waals surface area (Å²) in [6, 6.07) is 3.51. The molecule has 36 heavy (non-hydrogen) atoms. The number of anilines is 1. The average Bonchev–Trinajstić information content (AvgIpc) is 3.53. The molecule has 0 radical (unpaired) electrons. The molecule has 0 bridgehead atoms. The topological polar surface area (TPSA) is 73.0 Å². The highest BCUT2D eigenvalue weighted by Gasteiger charge is 2.36. The Morgan fingerprint density at radius 2 is 1.75 bits per heavy atom. The molecule has 4 rings (SSSR count). The zero-order valence-corrected chi connectivity index (χ0v) is 22.9. The summed E-state index contributed by atoms with van der Waals surface area (Å²) < 4.78 is 0. The number of hydrogen-bond acceptors (Lipinski definition) is 4. The molecule has 1 saturated carbocycles. The first-order valence-corrected chi connectivity index (χ1v) is 14.0. The van der Waals surface area contributed by atoms with Gasteiger partial charge in [0.2, 0.25) is 17.7 Å². The highest BCUT2D eigenvalue weighted by molar-refractivity contribution is 6.31. The van der Waals surface area contributed by atoms with Crippen molar-refractivity contribution in [3.63, 3.8) is 0 Å². The Morgan fingerprint density at radius 1 is 1.03 bits per heavy atom. The van der Waals surface area contributed by atoms with Gasteiger partial charge in [-0.3, -0.25) is 19.3 Å². The molecule has 1 unspecified atom stereocenters. The molecule has 1 N–H and O–H groups in total. The second-order valence-corrected chi connectivity index (χ2v) is 11.6. The Morgan fingerprint density at radius 3 is 2.42 bits per heavy atom. The van der Waals surface area contributed by atoms with Crippen LogP contribution in [0.25, 0.3) is 0 Å². The lowest BCUT2D eigenvalue weighted by atomic mass is 10.0. The SMILES string of the molecule is Cc1c(CN2CCN(C(=O)C3CCCC3)[C@@H](C)C2)cc(Cl)cc1NC(=O)C1CCCN1C(=O)C(C)C. The van der Waals surface area contributed by atoms with Gasteiger partial charge in [-0.2, -0.15) is 0 Å². The molecule has 2 atom stereocenters. The van der Waals surface area contributed by atoms with Crippen LogP contribution in [0.15, 0.2) is 12.1 Å². The van der Waals surface area contributed by atoms with Crippen LogP contribution in [0.5, 0.6) is 0 Å². The van der Waals surface area contributed by atoms with Crippen LogP contribution in [0.4, 0.5) is 5.69 Å². The van der Waals surface area contributed by atoms with Gasteiger partial charge in [-0.25, -0.2) is 0 Å². The van der Waals surface area contributed by atoms with Gasteiger partial charge in [0.25, 0.3) is 0 Å². The number of carbonyl (C=O) groups is 3. The first-order valence-electron chi connectivity index (χ1n) is 13.6. The van der Waals surface area contributed by atoms with Gasteiger partial charge in [-0.05, 0) is 62.8 Å². The zero-order chi connectivity index (χ0) is 26.0. The maximum Gasteiger partial charge on any atom is 0.247 e. The van der Waals surface area contributed by atoms with Crippen molar-refractivity contribution in [2.45, 2.75) is 84.8 Å². The van der Waals surface area contributed by atoms with Gasteiger partial charge in [-0.1, -0.05) is 38.3 Å². The van der Waals surface area contributed by atoms with E-state index in [-0.39, 0.29) is 29.7 Å². The molecule has 2 saturated heterocycles. The number of carbonyl (C=O) groups excluding carboxylic acids is 3. The minimum atomic E-state index is -0.437. The standard InChI is InChI=1S/C28H41ClN4O3/c1-18(2)27(35)33-11-7-10-25(33)26(34)30-24-15-23(29)14-22(20(24)4)17-31-12-13-32(19(3)16-31)28(36)21-8-5-6-9-21/h14-15,18-19,21,25H,5-13,16-17H2,1-4H3,(H,30,34)/t19-,25?/m0/s1. The van der Waals surface area contributed by atoms with Crippen molar-refractivity contribution in [3.8, 4) is 0 Å². The number of rotatable bonds is 6. The van der Waals surface area contributed by atoms with Gasteiger partial charge in [0, 0.05) is 61.3 Å². The zero-order valence-electron chi connectivity index (χ0n) is 22.2. The van der Waals surface area contributed by atoms with E-state index in [0.29, 0.717) is 36.1 Å². The minimum absolute atomic E-state index is 0.0239. The molecule has 3 amide bonds. The lowest BCUT2D eigenvalue weighted by molar-refractivity contribution is -0.140. The molecule has 1 aliphatic carbocycles. The van der Waals surface area contributed by atoms with E-state index in [9.17, 15) is 14.4 Å². The number of nitrogens with one attached hydrogen (secondary N) is 1. The fourth-order valence-electron chi connectivity index (χ4n) is 6.03. The molecule has 2 aliphatic heterocycles. The molecule has 7 nitrogen and oxygen atoms in total. The maximum absolute atomic E-state index is 13.2. The summed E-state index contributed by atoms with van der Waals surface area (Å²) >= 11 is 6.48. The Kier molecular flexibility index (Phi) is 8.61. The Labute approximate surface area is 220 Å². The number of hydrogen-bond donors (Lipinski definition) is 1. The summed E-state index contributed by atoms with van der Waals surface area (Å²) in [4.78, 5) is 44.9. The second kappa shape index (κ2) is 11.5. The van der Waals surface area contributed by atoms with E-state index >= 15 is 0 Å². The lowest BCUT2D eigenvalue weighted by Crippen LogP contribution is -2.54. The van der Waals surface area contributed by atoms with Crippen molar-refractivity contribution in [1.29, 1.82) is 0 Å². The third-order valence-electron chi connectivity index (χ3n) is 8.16. The van der Waals surface area contributed by atoms with Crippen LogP contribution in [-0.4, -0.2) is 70.7 Å². The molecular formula is C28H41ClN4O3. The van der Waals surface area contributed by atoms with Crippen molar-refractivity contribution in [1.82, 2.24) is 14.7 Å². The number of amides is 3. The van der Waals surface area contributed by atoms with Crippen molar-refractivity contribution in [3.05, 3.63) is 28.3 Å². The van der Waals surface area contributed by atoms with Crippen molar-refractivity contribution in [2.75, 3.05) is 31.5 Å². The van der Waals surface area contributed by atoms with Crippen LogP contribution in [0.3, 0.4) is 0 Å². The first-order chi connectivity index (χ1) is 17.2. The third kappa shape index (κ3) is 5.88. The summed E-state index contributed by atoms with van der Waals surface area (Å²) in [5.41, 5.74) is 2.76. The predicted molar refractivity (Wildman–Crippen MR) is 143 cm³/mol. The van der Waals surface area contributed by atoms with Crippen molar-refractivity contribution < 1.29 is 14.4 Å². The number of benzene rings is 1. The summed E-state index contributed by atoms with van der Waals surface area (Å²) in [6.45, 7) is 11.6. The summed E-state index contributed by atoms with van der Waals surface area (Å²) in [6.07, 6.45) is 5.93. The fraction of sp³-hybridized carbons (Fsp3) is 0.679. The molecule has 1 aromatic carbocycles. The number of piperazine rings is 1. The summed E-state index contributed by atoms with van der Waals surface area (Å²) in [5.74, 6) is 0.294. The largest absolute Gasteiger partial charge is 0.337 e. The van der Waals surface area contributed by atoms with E-state index in [1.165, 1.54) is 12.8 Å². The van der Waals surface area contributed by atoms with Crippen molar-refractivity contribution >= 4 is 35.0 Å². The van der Waals surface area contributed by atoms with Gasteiger partial charge in [0.15, 0.2) is 0 Å². The minimum Gasteiger partial charge on any atom is -0.337 e. The van der Waals surface area contributed by atoms with E-state index in [0.717, 1.165) is 50.0 Å². The highest BCUT2D eigenvalue weighted by atomic mass is 35.5. The Bertz CT molecular complexity index is 991. The molecule has 1 aromatic rings. The maximum atomic E-state index is 13.2. The van der Waals surface area contributed by atoms with E-state index in [1.807, 2.05) is 26.8 Å². The van der Waals surface area contributed by atoms with Crippen molar-refractivity contribution in [2.24, 2.45) is 11.8 Å². The Hall–Kier alpha value is -2.12. The Balaban J connectivity index is 1.41. The summed E-state index contributed by atoms with van der Waals surface area (Å²) in [7, 11) is 0. The normalized spacial score (nSPS) is 23.5. The molecule has 198 valence electrons. The highest BCUT2D eigenvalue weighted by Crippen LogP contribution is 2.30. The first kappa shape index (κ1) is 26.9. The fourth-order valence-corrected chi connectivity index (χ4v) is 6.27. The third-order valence-corrected chi connectivity index (χ3v) is 8.38. The summed E-state index contributed by atoms with van der Waals surface area (Å²) in [5, 5.41) is 3.65. The van der Waals surface area contributed by atoms with Gasteiger partial charge in [0.05, 0.1) is 0 Å². The van der Waals surface area contributed by atoms with Crippen LogP contribution >= 0.6 is 11.6 Å². The monoisotopic (exact) mass is 516 g/mol.